The number of ether oxygens (including phenoxy) is 2. The monoisotopic (exact) mass is 342 g/mol. The number of nitrogens with two attached hydrogens (primary N) is 1. The molecule has 0 bridgehead atoms. The third-order valence-electron chi connectivity index (χ3n) is 3.67. The smallest absolute Gasteiger partial charge is 0.255 e. The first-order valence-electron chi connectivity index (χ1n) is 7.81. The summed E-state index contributed by atoms with van der Waals surface area (Å²) >= 11 is 0. The number of benzene rings is 2. The first kappa shape index (κ1) is 18.3. The van der Waals surface area contributed by atoms with Crippen molar-refractivity contribution in [2.45, 2.75) is 13.5 Å². The van der Waals surface area contributed by atoms with E-state index in [0.717, 1.165) is 16.9 Å². The second-order valence-corrected chi connectivity index (χ2v) is 5.76. The predicted molar refractivity (Wildman–Crippen MR) is 94.7 cm³/mol. The quantitative estimate of drug-likeness (QED) is 0.836. The van der Waals surface area contributed by atoms with Crippen LogP contribution in [0.5, 0.6) is 11.5 Å². The van der Waals surface area contributed by atoms with Gasteiger partial charge in [-0.1, -0.05) is 17.7 Å². The van der Waals surface area contributed by atoms with Gasteiger partial charge >= 0.3 is 0 Å². The molecule has 0 aliphatic carbocycles. The van der Waals surface area contributed by atoms with Crippen LogP contribution in [0.1, 0.15) is 21.5 Å². The zero-order valence-corrected chi connectivity index (χ0v) is 14.6. The highest BCUT2D eigenvalue weighted by Crippen LogP contribution is 2.22. The third-order valence-corrected chi connectivity index (χ3v) is 3.67. The van der Waals surface area contributed by atoms with Crippen LogP contribution in [0.25, 0.3) is 0 Å². The Hall–Kier alpha value is -3.02. The summed E-state index contributed by atoms with van der Waals surface area (Å²) in [6.45, 7) is 2.24. The van der Waals surface area contributed by atoms with Crippen LogP contribution in [0.3, 0.4) is 0 Å². The molecular formula is C19H22N2O4. The topological polar surface area (TPSA) is 81.9 Å². The maximum Gasteiger partial charge on any atom is 0.255 e. The molecule has 2 aromatic carbocycles. The molecule has 0 aromatic heterocycles. The van der Waals surface area contributed by atoms with Gasteiger partial charge in [0.25, 0.3) is 11.8 Å². The van der Waals surface area contributed by atoms with Gasteiger partial charge in [0, 0.05) is 24.7 Å². The highest BCUT2D eigenvalue weighted by atomic mass is 16.5. The zero-order chi connectivity index (χ0) is 18.4. The summed E-state index contributed by atoms with van der Waals surface area (Å²) in [6.07, 6.45) is 0. The largest absolute Gasteiger partial charge is 0.496 e. The number of aryl methyl sites for hydroxylation is 1. The van der Waals surface area contributed by atoms with Gasteiger partial charge in [-0.2, -0.15) is 0 Å². The summed E-state index contributed by atoms with van der Waals surface area (Å²) in [5.41, 5.74) is 7.61. The van der Waals surface area contributed by atoms with E-state index in [1.165, 1.54) is 0 Å². The maximum absolute atomic E-state index is 12.6. The molecule has 0 saturated carbocycles. The molecule has 0 spiro atoms. The lowest BCUT2D eigenvalue weighted by Gasteiger charge is -2.19. The van der Waals surface area contributed by atoms with Crippen molar-refractivity contribution in [2.24, 2.45) is 5.73 Å². The Balaban J connectivity index is 2.07. The number of amides is 2. The van der Waals surface area contributed by atoms with Crippen LogP contribution in [0.15, 0.2) is 42.5 Å². The van der Waals surface area contributed by atoms with Crippen LogP contribution in [0.4, 0.5) is 0 Å². The minimum absolute atomic E-state index is 0.120. The second-order valence-electron chi connectivity index (χ2n) is 5.76. The molecule has 25 heavy (non-hydrogen) atoms. The van der Waals surface area contributed by atoms with Crippen molar-refractivity contribution >= 4 is 11.8 Å². The predicted octanol–water partition coefficient (Wildman–Crippen LogP) is 2.14. The van der Waals surface area contributed by atoms with Crippen molar-refractivity contribution in [3.8, 4) is 11.5 Å². The van der Waals surface area contributed by atoms with E-state index >= 15 is 0 Å². The van der Waals surface area contributed by atoms with E-state index in [1.807, 2.05) is 25.1 Å². The van der Waals surface area contributed by atoms with Gasteiger partial charge in [-0.3, -0.25) is 9.59 Å². The Kier molecular flexibility index (Phi) is 6.00. The lowest BCUT2D eigenvalue weighted by Crippen LogP contribution is -2.26. The standard InChI is InChI=1S/C19H22N2O4/c1-13-4-9-17(24-3)15(10-13)11-21(2)19(23)14-5-7-16(8-6-14)25-12-18(20)22/h4-10H,11-12H2,1-3H3,(H2,20,22). The first-order valence-corrected chi connectivity index (χ1v) is 7.81. The van der Waals surface area contributed by atoms with Crippen LogP contribution in [-0.2, 0) is 11.3 Å². The molecule has 6 nitrogen and oxygen atoms in total. The van der Waals surface area contributed by atoms with E-state index < -0.39 is 5.91 Å². The van der Waals surface area contributed by atoms with Gasteiger partial charge in [-0.05, 0) is 37.3 Å². The Morgan fingerprint density at radius 1 is 1.12 bits per heavy atom. The number of primary amides is 1. The average Bonchev–Trinajstić information content (AvgIpc) is 2.60. The summed E-state index contributed by atoms with van der Waals surface area (Å²) in [5, 5.41) is 0. The van der Waals surface area contributed by atoms with Gasteiger partial charge in [0.2, 0.25) is 0 Å². The fraction of sp³-hybridized carbons (Fsp3) is 0.263. The van der Waals surface area contributed by atoms with E-state index in [1.54, 1.807) is 43.3 Å². The molecule has 2 aromatic rings. The van der Waals surface area contributed by atoms with Gasteiger partial charge in [0.05, 0.1) is 7.11 Å². The molecule has 0 fully saturated rings. The van der Waals surface area contributed by atoms with Crippen molar-refractivity contribution in [1.82, 2.24) is 4.90 Å². The lowest BCUT2D eigenvalue weighted by atomic mass is 10.1. The minimum atomic E-state index is -0.549. The van der Waals surface area contributed by atoms with Crippen LogP contribution in [0.2, 0.25) is 0 Å². The molecule has 0 heterocycles. The molecule has 0 aliphatic rings. The lowest BCUT2D eigenvalue weighted by molar-refractivity contribution is -0.119. The number of nitrogens with zero attached hydrogens (tertiary/aromatic N) is 1. The molecule has 2 N–H and O–H groups in total. The number of hydrogen-bond acceptors (Lipinski definition) is 4. The highest BCUT2D eigenvalue weighted by Gasteiger charge is 2.14. The van der Waals surface area contributed by atoms with Gasteiger partial charge in [-0.25, -0.2) is 0 Å². The van der Waals surface area contributed by atoms with E-state index in [2.05, 4.69) is 0 Å². The van der Waals surface area contributed by atoms with E-state index in [-0.39, 0.29) is 12.5 Å². The van der Waals surface area contributed by atoms with Gasteiger partial charge in [0.15, 0.2) is 6.61 Å². The Morgan fingerprint density at radius 3 is 2.40 bits per heavy atom. The molecular weight excluding hydrogens is 320 g/mol. The van der Waals surface area contributed by atoms with Gasteiger partial charge in [0.1, 0.15) is 11.5 Å². The number of rotatable bonds is 7. The van der Waals surface area contributed by atoms with Crippen LogP contribution < -0.4 is 15.2 Å². The molecule has 2 rings (SSSR count). The summed E-state index contributed by atoms with van der Waals surface area (Å²) in [7, 11) is 3.35. The highest BCUT2D eigenvalue weighted by molar-refractivity contribution is 5.94. The normalized spacial score (nSPS) is 10.2. The van der Waals surface area contributed by atoms with Crippen molar-refractivity contribution < 1.29 is 19.1 Å². The minimum Gasteiger partial charge on any atom is -0.496 e. The number of hydrogen-bond donors (Lipinski definition) is 1. The van der Waals surface area contributed by atoms with E-state index in [4.69, 9.17) is 15.2 Å². The Bertz CT molecular complexity index is 757. The third kappa shape index (κ3) is 4.97. The average molecular weight is 342 g/mol. The fourth-order valence-corrected chi connectivity index (χ4v) is 2.43. The van der Waals surface area contributed by atoms with Crippen molar-refractivity contribution in [3.05, 3.63) is 59.2 Å². The summed E-state index contributed by atoms with van der Waals surface area (Å²) in [6, 6.07) is 12.5. The van der Waals surface area contributed by atoms with Crippen molar-refractivity contribution in [3.63, 3.8) is 0 Å². The summed E-state index contributed by atoms with van der Waals surface area (Å²) in [4.78, 5) is 24.9. The van der Waals surface area contributed by atoms with E-state index in [9.17, 15) is 9.59 Å². The van der Waals surface area contributed by atoms with Gasteiger partial charge in [-0.15, -0.1) is 0 Å². The SMILES string of the molecule is COc1ccc(C)cc1CN(C)C(=O)c1ccc(OCC(N)=O)cc1. The summed E-state index contributed by atoms with van der Waals surface area (Å²) in [5.74, 6) is 0.566. The van der Waals surface area contributed by atoms with Crippen molar-refractivity contribution in [1.29, 1.82) is 0 Å². The second kappa shape index (κ2) is 8.19. The molecule has 0 unspecified atom stereocenters. The van der Waals surface area contributed by atoms with E-state index in [0.29, 0.717) is 17.9 Å². The molecule has 0 aliphatic heterocycles. The molecule has 0 atom stereocenters. The van der Waals surface area contributed by atoms with Crippen LogP contribution in [0, 0.1) is 6.92 Å². The molecule has 132 valence electrons. The maximum atomic E-state index is 12.6. The molecule has 0 radical (unpaired) electrons. The number of carbonyl (C=O) groups excluding carboxylic acids is 2. The van der Waals surface area contributed by atoms with Gasteiger partial charge < -0.3 is 20.1 Å². The molecule has 0 saturated heterocycles. The zero-order valence-electron chi connectivity index (χ0n) is 14.6. The number of carbonyl (C=O) groups is 2. The van der Waals surface area contributed by atoms with Crippen LogP contribution >= 0.6 is 0 Å². The summed E-state index contributed by atoms with van der Waals surface area (Å²) < 4.78 is 10.5. The first-order chi connectivity index (χ1) is 11.9. The van der Waals surface area contributed by atoms with Crippen LogP contribution in [-0.4, -0.2) is 37.5 Å². The Morgan fingerprint density at radius 2 is 1.80 bits per heavy atom. The molecule has 2 amide bonds. The van der Waals surface area contributed by atoms with Crippen molar-refractivity contribution in [2.75, 3.05) is 20.8 Å². The fourth-order valence-electron chi connectivity index (χ4n) is 2.43. The molecule has 6 heteroatoms. The number of methoxy groups -OCH3 is 1. The Labute approximate surface area is 147 Å².